The molecule has 0 spiro atoms. The summed E-state index contributed by atoms with van der Waals surface area (Å²) < 4.78 is 0. The maximum Gasteiger partial charge on any atom is 0.308 e. The van der Waals surface area contributed by atoms with Crippen LogP contribution in [0.2, 0.25) is 0 Å². The summed E-state index contributed by atoms with van der Waals surface area (Å²) >= 11 is 1.80. The van der Waals surface area contributed by atoms with Gasteiger partial charge in [0.1, 0.15) is 0 Å². The number of thioether (sulfide) groups is 1. The first-order valence-corrected chi connectivity index (χ1v) is 6.95. The summed E-state index contributed by atoms with van der Waals surface area (Å²) in [4.78, 5) is 22.8. The highest BCUT2D eigenvalue weighted by Crippen LogP contribution is 2.28. The summed E-state index contributed by atoms with van der Waals surface area (Å²) in [5, 5.41) is 11.9. The summed E-state index contributed by atoms with van der Waals surface area (Å²) in [5.74, 6) is 0.936. The fourth-order valence-corrected chi connectivity index (χ4v) is 3.69. The highest BCUT2D eigenvalue weighted by atomic mass is 32.2. The minimum absolute atomic E-state index is 0.0585. The molecular weight excluding hydrogens is 226 g/mol. The summed E-state index contributed by atoms with van der Waals surface area (Å²) in [6.07, 6.45) is 3.34. The Bertz CT molecular complexity index is 289. The SMILES string of the molecule is O=C(NC1CCCC1C(=O)O)C1CCSC1. The van der Waals surface area contributed by atoms with Gasteiger partial charge in [-0.1, -0.05) is 6.42 Å². The number of carbonyl (C=O) groups excluding carboxylic acids is 1. The molecule has 2 aliphatic rings. The van der Waals surface area contributed by atoms with E-state index < -0.39 is 5.97 Å². The lowest BCUT2D eigenvalue weighted by molar-refractivity contribution is -0.142. The summed E-state index contributed by atoms with van der Waals surface area (Å²) in [5.41, 5.74) is 0. The van der Waals surface area contributed by atoms with E-state index in [0.29, 0.717) is 6.42 Å². The van der Waals surface area contributed by atoms with Crippen LogP contribution < -0.4 is 5.32 Å². The van der Waals surface area contributed by atoms with Gasteiger partial charge in [0, 0.05) is 17.7 Å². The average molecular weight is 243 g/mol. The Morgan fingerprint density at radius 3 is 2.69 bits per heavy atom. The molecule has 5 heteroatoms. The first-order chi connectivity index (χ1) is 7.68. The van der Waals surface area contributed by atoms with Crippen molar-refractivity contribution in [3.8, 4) is 0 Å². The first-order valence-electron chi connectivity index (χ1n) is 5.79. The second-order valence-electron chi connectivity index (χ2n) is 4.55. The Morgan fingerprint density at radius 2 is 2.06 bits per heavy atom. The van der Waals surface area contributed by atoms with E-state index in [0.717, 1.165) is 30.8 Å². The van der Waals surface area contributed by atoms with Crippen molar-refractivity contribution < 1.29 is 14.7 Å². The molecule has 1 amide bonds. The predicted molar refractivity (Wildman–Crippen MR) is 62.3 cm³/mol. The number of carboxylic acid groups (broad SMARTS) is 1. The molecule has 3 atom stereocenters. The molecule has 1 saturated carbocycles. The van der Waals surface area contributed by atoms with Crippen LogP contribution in [-0.4, -0.2) is 34.5 Å². The van der Waals surface area contributed by atoms with Gasteiger partial charge in [-0.2, -0.15) is 11.8 Å². The van der Waals surface area contributed by atoms with Crippen LogP contribution in [0.15, 0.2) is 0 Å². The standard InChI is InChI=1S/C11H17NO3S/c13-10(7-4-5-16-6-7)12-9-3-1-2-8(9)11(14)15/h7-9H,1-6H2,(H,12,13)(H,14,15). The zero-order chi connectivity index (χ0) is 11.5. The maximum absolute atomic E-state index is 11.9. The highest BCUT2D eigenvalue weighted by Gasteiger charge is 2.35. The molecule has 16 heavy (non-hydrogen) atoms. The van der Waals surface area contributed by atoms with Crippen LogP contribution in [0.5, 0.6) is 0 Å². The van der Waals surface area contributed by atoms with Crippen LogP contribution in [0.1, 0.15) is 25.7 Å². The minimum Gasteiger partial charge on any atom is -0.481 e. The lowest BCUT2D eigenvalue weighted by Gasteiger charge is -2.19. The fraction of sp³-hybridized carbons (Fsp3) is 0.818. The number of carboxylic acids is 1. The number of hydrogen-bond acceptors (Lipinski definition) is 3. The van der Waals surface area contributed by atoms with Gasteiger partial charge in [0.25, 0.3) is 0 Å². The summed E-state index contributed by atoms with van der Waals surface area (Å²) in [6.45, 7) is 0. The molecule has 1 aliphatic carbocycles. The molecule has 0 aromatic heterocycles. The number of nitrogens with one attached hydrogen (secondary N) is 1. The van der Waals surface area contributed by atoms with Crippen molar-refractivity contribution in [3.63, 3.8) is 0 Å². The molecule has 3 unspecified atom stereocenters. The zero-order valence-electron chi connectivity index (χ0n) is 9.15. The molecule has 0 aromatic carbocycles. The van der Waals surface area contributed by atoms with E-state index in [2.05, 4.69) is 5.32 Å². The monoisotopic (exact) mass is 243 g/mol. The Labute approximate surface area is 99.2 Å². The van der Waals surface area contributed by atoms with Gasteiger partial charge in [-0.25, -0.2) is 0 Å². The molecule has 0 bridgehead atoms. The average Bonchev–Trinajstić information content (AvgIpc) is 2.86. The van der Waals surface area contributed by atoms with Gasteiger partial charge in [0.05, 0.1) is 5.92 Å². The zero-order valence-corrected chi connectivity index (χ0v) is 9.96. The van der Waals surface area contributed by atoms with Crippen LogP contribution >= 0.6 is 11.8 Å². The second-order valence-corrected chi connectivity index (χ2v) is 5.70. The van der Waals surface area contributed by atoms with E-state index in [1.165, 1.54) is 0 Å². The van der Waals surface area contributed by atoms with Crippen molar-refractivity contribution in [3.05, 3.63) is 0 Å². The predicted octanol–water partition coefficient (Wildman–Crippen LogP) is 1.11. The number of hydrogen-bond donors (Lipinski definition) is 2. The summed E-state index contributed by atoms with van der Waals surface area (Å²) in [6, 6.07) is -0.143. The lowest BCUT2D eigenvalue weighted by Crippen LogP contribution is -2.43. The van der Waals surface area contributed by atoms with Crippen LogP contribution in [-0.2, 0) is 9.59 Å². The van der Waals surface area contributed by atoms with Crippen LogP contribution in [0.25, 0.3) is 0 Å². The third-order valence-corrected chi connectivity index (χ3v) is 4.62. The van der Waals surface area contributed by atoms with Crippen molar-refractivity contribution in [1.29, 1.82) is 0 Å². The molecule has 90 valence electrons. The van der Waals surface area contributed by atoms with E-state index in [4.69, 9.17) is 5.11 Å². The Morgan fingerprint density at radius 1 is 1.25 bits per heavy atom. The van der Waals surface area contributed by atoms with Gasteiger partial charge in [-0.15, -0.1) is 0 Å². The molecular formula is C11H17NO3S. The van der Waals surface area contributed by atoms with Crippen molar-refractivity contribution in [2.45, 2.75) is 31.7 Å². The molecule has 0 radical (unpaired) electrons. The second kappa shape index (κ2) is 5.08. The van der Waals surface area contributed by atoms with E-state index in [1.54, 1.807) is 11.8 Å². The van der Waals surface area contributed by atoms with Gasteiger partial charge in [-0.3, -0.25) is 9.59 Å². The highest BCUT2D eigenvalue weighted by molar-refractivity contribution is 7.99. The third kappa shape index (κ3) is 2.51. The molecule has 2 rings (SSSR count). The molecule has 2 N–H and O–H groups in total. The van der Waals surface area contributed by atoms with Crippen LogP contribution in [0.4, 0.5) is 0 Å². The largest absolute Gasteiger partial charge is 0.481 e. The number of rotatable bonds is 3. The van der Waals surface area contributed by atoms with E-state index in [9.17, 15) is 9.59 Å². The Kier molecular flexibility index (Phi) is 3.74. The molecule has 1 heterocycles. The van der Waals surface area contributed by atoms with Crippen molar-refractivity contribution in [1.82, 2.24) is 5.32 Å². The first kappa shape index (κ1) is 11.8. The van der Waals surface area contributed by atoms with Crippen LogP contribution in [0, 0.1) is 11.8 Å². The number of amides is 1. The van der Waals surface area contributed by atoms with Crippen LogP contribution in [0.3, 0.4) is 0 Å². The number of carbonyl (C=O) groups is 2. The molecule has 0 aromatic rings. The van der Waals surface area contributed by atoms with Gasteiger partial charge in [-0.05, 0) is 25.0 Å². The van der Waals surface area contributed by atoms with Gasteiger partial charge in [0.2, 0.25) is 5.91 Å². The van der Waals surface area contributed by atoms with Crippen molar-refractivity contribution >= 4 is 23.6 Å². The van der Waals surface area contributed by atoms with E-state index >= 15 is 0 Å². The van der Waals surface area contributed by atoms with Gasteiger partial charge < -0.3 is 10.4 Å². The van der Waals surface area contributed by atoms with Crippen molar-refractivity contribution in [2.24, 2.45) is 11.8 Å². The van der Waals surface area contributed by atoms with E-state index in [-0.39, 0.29) is 23.8 Å². The van der Waals surface area contributed by atoms with E-state index in [1.807, 2.05) is 0 Å². The summed E-state index contributed by atoms with van der Waals surface area (Å²) in [7, 11) is 0. The Balaban J connectivity index is 1.88. The van der Waals surface area contributed by atoms with Gasteiger partial charge >= 0.3 is 5.97 Å². The minimum atomic E-state index is -0.774. The molecule has 1 saturated heterocycles. The quantitative estimate of drug-likeness (QED) is 0.779. The smallest absolute Gasteiger partial charge is 0.308 e. The molecule has 4 nitrogen and oxygen atoms in total. The number of aliphatic carboxylic acids is 1. The maximum atomic E-state index is 11.9. The normalized spacial score (nSPS) is 33.9. The fourth-order valence-electron chi connectivity index (χ4n) is 2.47. The molecule has 1 aliphatic heterocycles. The lowest BCUT2D eigenvalue weighted by atomic mass is 10.0. The van der Waals surface area contributed by atoms with Gasteiger partial charge in [0.15, 0.2) is 0 Å². The molecule has 2 fully saturated rings. The van der Waals surface area contributed by atoms with Crippen molar-refractivity contribution in [2.75, 3.05) is 11.5 Å². The Hall–Kier alpha value is -0.710. The topological polar surface area (TPSA) is 66.4 Å². The third-order valence-electron chi connectivity index (χ3n) is 3.46.